The molecule has 1 saturated heterocycles. The lowest BCUT2D eigenvalue weighted by molar-refractivity contribution is -0.117. The number of amides is 1. The molecule has 1 aliphatic rings. The SMILES string of the molecule is CC.Cc1ccc(NC(=O)CN2CCNCC2)cc1Cl. The topological polar surface area (TPSA) is 44.4 Å². The average Bonchev–Trinajstić information content (AvgIpc) is 2.46. The second kappa shape index (κ2) is 8.95. The molecule has 0 unspecified atom stereocenters. The van der Waals surface area contributed by atoms with Gasteiger partial charge in [-0.1, -0.05) is 31.5 Å². The number of hydrogen-bond donors (Lipinski definition) is 2. The summed E-state index contributed by atoms with van der Waals surface area (Å²) in [7, 11) is 0. The molecule has 1 fully saturated rings. The zero-order valence-corrected chi connectivity index (χ0v) is 13.3. The standard InChI is InChI=1S/C13H18ClN3O.C2H6/c1-10-2-3-11(8-12(10)14)16-13(18)9-17-6-4-15-5-7-17;1-2/h2-3,8,15H,4-7,9H2,1H3,(H,16,18);1-2H3. The molecule has 4 nitrogen and oxygen atoms in total. The Labute approximate surface area is 126 Å². The first kappa shape index (κ1) is 17.0. The van der Waals surface area contributed by atoms with Gasteiger partial charge in [0.05, 0.1) is 6.54 Å². The highest BCUT2D eigenvalue weighted by molar-refractivity contribution is 6.31. The van der Waals surface area contributed by atoms with Gasteiger partial charge in [0.25, 0.3) is 0 Å². The van der Waals surface area contributed by atoms with E-state index in [0.717, 1.165) is 37.4 Å². The molecule has 0 atom stereocenters. The molecule has 112 valence electrons. The van der Waals surface area contributed by atoms with Crippen LogP contribution in [0.15, 0.2) is 18.2 Å². The molecule has 20 heavy (non-hydrogen) atoms. The largest absolute Gasteiger partial charge is 0.325 e. The number of anilines is 1. The maximum absolute atomic E-state index is 11.9. The molecular weight excluding hydrogens is 274 g/mol. The molecule has 1 aliphatic heterocycles. The Kier molecular flexibility index (Phi) is 7.59. The van der Waals surface area contributed by atoms with Gasteiger partial charge in [-0.2, -0.15) is 0 Å². The summed E-state index contributed by atoms with van der Waals surface area (Å²) in [5.74, 6) is 0.0109. The molecule has 2 rings (SSSR count). The molecule has 1 aromatic carbocycles. The molecule has 2 N–H and O–H groups in total. The van der Waals surface area contributed by atoms with Crippen molar-refractivity contribution in [2.24, 2.45) is 0 Å². The summed E-state index contributed by atoms with van der Waals surface area (Å²) in [4.78, 5) is 14.0. The number of aryl methyl sites for hydroxylation is 1. The minimum absolute atomic E-state index is 0.0109. The molecule has 1 heterocycles. The normalized spacial score (nSPS) is 15.2. The first-order valence-corrected chi connectivity index (χ1v) is 7.52. The number of carbonyl (C=O) groups excluding carboxylic acids is 1. The number of rotatable bonds is 3. The minimum atomic E-state index is 0.0109. The monoisotopic (exact) mass is 297 g/mol. The predicted octanol–water partition coefficient (Wildman–Crippen LogP) is 2.52. The molecule has 0 aliphatic carbocycles. The molecule has 0 saturated carbocycles. The van der Waals surface area contributed by atoms with Crippen molar-refractivity contribution in [2.75, 3.05) is 38.0 Å². The Morgan fingerprint density at radius 2 is 2.00 bits per heavy atom. The smallest absolute Gasteiger partial charge is 0.238 e. The number of hydrogen-bond acceptors (Lipinski definition) is 3. The van der Waals surface area contributed by atoms with Crippen molar-refractivity contribution in [3.63, 3.8) is 0 Å². The fraction of sp³-hybridized carbons (Fsp3) is 0.533. The van der Waals surface area contributed by atoms with Crippen molar-refractivity contribution in [2.45, 2.75) is 20.8 Å². The molecule has 1 amide bonds. The van der Waals surface area contributed by atoms with Crippen LogP contribution in [0.25, 0.3) is 0 Å². The molecule has 0 spiro atoms. The van der Waals surface area contributed by atoms with E-state index in [9.17, 15) is 4.79 Å². The van der Waals surface area contributed by atoms with Gasteiger partial charge in [-0.05, 0) is 24.6 Å². The van der Waals surface area contributed by atoms with Crippen LogP contribution in [0.5, 0.6) is 0 Å². The maximum Gasteiger partial charge on any atom is 0.238 e. The van der Waals surface area contributed by atoms with Gasteiger partial charge in [0.1, 0.15) is 0 Å². The minimum Gasteiger partial charge on any atom is -0.325 e. The van der Waals surface area contributed by atoms with Gasteiger partial charge in [-0.3, -0.25) is 9.69 Å². The fourth-order valence-electron chi connectivity index (χ4n) is 1.94. The van der Waals surface area contributed by atoms with Crippen LogP contribution < -0.4 is 10.6 Å². The van der Waals surface area contributed by atoms with Crippen LogP contribution >= 0.6 is 11.6 Å². The predicted molar refractivity (Wildman–Crippen MR) is 85.5 cm³/mol. The van der Waals surface area contributed by atoms with Crippen molar-refractivity contribution in [3.8, 4) is 0 Å². The summed E-state index contributed by atoms with van der Waals surface area (Å²) in [6.07, 6.45) is 0. The van der Waals surface area contributed by atoms with Gasteiger partial charge in [0.2, 0.25) is 5.91 Å². The van der Waals surface area contributed by atoms with E-state index in [1.807, 2.05) is 32.9 Å². The van der Waals surface area contributed by atoms with E-state index in [2.05, 4.69) is 15.5 Å². The molecule has 1 aromatic rings. The second-order valence-electron chi connectivity index (χ2n) is 4.54. The third kappa shape index (κ3) is 5.49. The second-order valence-corrected chi connectivity index (χ2v) is 4.95. The summed E-state index contributed by atoms with van der Waals surface area (Å²) in [6, 6.07) is 5.56. The summed E-state index contributed by atoms with van der Waals surface area (Å²) in [5.41, 5.74) is 1.77. The number of piperazine rings is 1. The molecule has 0 radical (unpaired) electrons. The van der Waals surface area contributed by atoms with Gasteiger partial charge in [-0.15, -0.1) is 0 Å². The highest BCUT2D eigenvalue weighted by Crippen LogP contribution is 2.19. The fourth-order valence-corrected chi connectivity index (χ4v) is 2.12. The van der Waals surface area contributed by atoms with Gasteiger partial charge >= 0.3 is 0 Å². The van der Waals surface area contributed by atoms with Crippen molar-refractivity contribution >= 4 is 23.2 Å². The van der Waals surface area contributed by atoms with E-state index in [-0.39, 0.29) is 5.91 Å². The summed E-state index contributed by atoms with van der Waals surface area (Å²) < 4.78 is 0. The van der Waals surface area contributed by atoms with Gasteiger partial charge in [-0.25, -0.2) is 0 Å². The number of carbonyl (C=O) groups is 1. The lowest BCUT2D eigenvalue weighted by atomic mass is 10.2. The highest BCUT2D eigenvalue weighted by Gasteiger charge is 2.13. The van der Waals surface area contributed by atoms with E-state index in [1.165, 1.54) is 0 Å². The van der Waals surface area contributed by atoms with Crippen LogP contribution in [0.1, 0.15) is 19.4 Å². The highest BCUT2D eigenvalue weighted by atomic mass is 35.5. The van der Waals surface area contributed by atoms with E-state index in [0.29, 0.717) is 11.6 Å². The van der Waals surface area contributed by atoms with E-state index >= 15 is 0 Å². The van der Waals surface area contributed by atoms with E-state index in [4.69, 9.17) is 11.6 Å². The van der Waals surface area contributed by atoms with E-state index in [1.54, 1.807) is 6.07 Å². The van der Waals surface area contributed by atoms with Crippen LogP contribution in [0.3, 0.4) is 0 Å². The maximum atomic E-state index is 11.9. The molecule has 5 heteroatoms. The Hall–Kier alpha value is -1.10. The van der Waals surface area contributed by atoms with Gasteiger partial charge in [0.15, 0.2) is 0 Å². The average molecular weight is 298 g/mol. The Bertz CT molecular complexity index is 431. The first-order valence-electron chi connectivity index (χ1n) is 7.14. The van der Waals surface area contributed by atoms with Crippen molar-refractivity contribution < 1.29 is 4.79 Å². The molecule has 0 bridgehead atoms. The number of nitrogens with zero attached hydrogens (tertiary/aromatic N) is 1. The van der Waals surface area contributed by atoms with Crippen LogP contribution in [0.4, 0.5) is 5.69 Å². The van der Waals surface area contributed by atoms with Gasteiger partial charge in [0, 0.05) is 36.9 Å². The lowest BCUT2D eigenvalue weighted by Crippen LogP contribution is -2.46. The van der Waals surface area contributed by atoms with Crippen LogP contribution in [-0.2, 0) is 4.79 Å². The van der Waals surface area contributed by atoms with Gasteiger partial charge < -0.3 is 10.6 Å². The van der Waals surface area contributed by atoms with Crippen LogP contribution in [0, 0.1) is 6.92 Å². The summed E-state index contributed by atoms with van der Waals surface area (Å²) in [5, 5.41) is 6.81. The van der Waals surface area contributed by atoms with Crippen molar-refractivity contribution in [3.05, 3.63) is 28.8 Å². The third-order valence-electron chi connectivity index (χ3n) is 3.03. The lowest BCUT2D eigenvalue weighted by Gasteiger charge is -2.26. The number of nitrogens with one attached hydrogen (secondary N) is 2. The molecular formula is C15H24ClN3O. The Balaban J connectivity index is 0.000000956. The van der Waals surface area contributed by atoms with Crippen molar-refractivity contribution in [1.82, 2.24) is 10.2 Å². The third-order valence-corrected chi connectivity index (χ3v) is 3.44. The van der Waals surface area contributed by atoms with E-state index < -0.39 is 0 Å². The zero-order chi connectivity index (χ0) is 15.0. The van der Waals surface area contributed by atoms with Crippen molar-refractivity contribution in [1.29, 1.82) is 0 Å². The van der Waals surface area contributed by atoms with Crippen LogP contribution in [-0.4, -0.2) is 43.5 Å². The zero-order valence-electron chi connectivity index (χ0n) is 12.5. The number of halogens is 1. The van der Waals surface area contributed by atoms with Crippen LogP contribution in [0.2, 0.25) is 5.02 Å². The quantitative estimate of drug-likeness (QED) is 0.901. The number of benzene rings is 1. The Morgan fingerprint density at radius 3 is 2.60 bits per heavy atom. The summed E-state index contributed by atoms with van der Waals surface area (Å²) in [6.45, 7) is 10.1. The summed E-state index contributed by atoms with van der Waals surface area (Å²) >= 11 is 6.02. The molecule has 0 aromatic heterocycles. The Morgan fingerprint density at radius 1 is 1.35 bits per heavy atom. The first-order chi connectivity index (χ1) is 9.65.